The number of hydrogen-bond donors (Lipinski definition) is 1. The van der Waals surface area contributed by atoms with Crippen LogP contribution >= 0.6 is 11.3 Å². The van der Waals surface area contributed by atoms with Crippen LogP contribution in [0.25, 0.3) is 0 Å². The van der Waals surface area contributed by atoms with Crippen molar-refractivity contribution < 1.29 is 4.74 Å². The number of para-hydroxylation sites is 1. The lowest BCUT2D eigenvalue weighted by Gasteiger charge is -2.22. The van der Waals surface area contributed by atoms with Crippen molar-refractivity contribution >= 4 is 11.3 Å². The molecular weight excluding hydrogens is 232 g/mol. The van der Waals surface area contributed by atoms with E-state index in [1.807, 2.05) is 11.7 Å². The smallest absolute Gasteiger partial charge is 0.127 e. The highest BCUT2D eigenvalue weighted by atomic mass is 32.1. The number of nitrogens with two attached hydrogens (primary N) is 1. The molecule has 3 nitrogen and oxygen atoms in total. The fourth-order valence-electron chi connectivity index (χ4n) is 2.19. The minimum atomic E-state index is -0.129. The van der Waals surface area contributed by atoms with Crippen LogP contribution in [0, 0.1) is 0 Å². The summed E-state index contributed by atoms with van der Waals surface area (Å²) in [5.41, 5.74) is 10.4. The number of fused-ring (bicyclic) bond motifs is 1. The zero-order valence-electron chi connectivity index (χ0n) is 9.43. The number of hydrogen-bond acceptors (Lipinski definition) is 4. The van der Waals surface area contributed by atoms with Gasteiger partial charge in [0.05, 0.1) is 18.2 Å². The van der Waals surface area contributed by atoms with Crippen LogP contribution in [0.4, 0.5) is 0 Å². The van der Waals surface area contributed by atoms with Gasteiger partial charge in [-0.2, -0.15) is 0 Å². The molecule has 1 aliphatic heterocycles. The van der Waals surface area contributed by atoms with Crippen molar-refractivity contribution in [2.24, 2.45) is 5.73 Å². The van der Waals surface area contributed by atoms with E-state index in [-0.39, 0.29) is 6.04 Å². The summed E-state index contributed by atoms with van der Waals surface area (Å²) >= 11 is 1.58. The molecule has 17 heavy (non-hydrogen) atoms. The molecule has 0 saturated heterocycles. The Kier molecular flexibility index (Phi) is 2.82. The summed E-state index contributed by atoms with van der Waals surface area (Å²) in [5.74, 6) is 0.986. The molecule has 0 bridgehead atoms. The Morgan fingerprint density at radius 3 is 3.18 bits per heavy atom. The summed E-state index contributed by atoms with van der Waals surface area (Å²) in [6.45, 7) is 0.791. The van der Waals surface area contributed by atoms with Gasteiger partial charge in [0, 0.05) is 16.6 Å². The molecule has 88 valence electrons. The van der Waals surface area contributed by atoms with Crippen LogP contribution in [0.1, 0.15) is 28.5 Å². The number of aryl methyl sites for hydroxylation is 1. The quantitative estimate of drug-likeness (QED) is 0.885. The van der Waals surface area contributed by atoms with Crippen LogP contribution in [0.3, 0.4) is 0 Å². The van der Waals surface area contributed by atoms with Crippen LogP contribution in [-0.4, -0.2) is 11.6 Å². The highest BCUT2D eigenvalue weighted by Gasteiger charge is 2.20. The Morgan fingerprint density at radius 1 is 1.41 bits per heavy atom. The molecule has 0 radical (unpaired) electrons. The zero-order valence-corrected chi connectivity index (χ0v) is 10.2. The first-order chi connectivity index (χ1) is 8.36. The average Bonchev–Trinajstić information content (AvgIpc) is 2.91. The van der Waals surface area contributed by atoms with Gasteiger partial charge >= 0.3 is 0 Å². The number of benzene rings is 1. The van der Waals surface area contributed by atoms with Crippen molar-refractivity contribution in [2.45, 2.75) is 18.9 Å². The van der Waals surface area contributed by atoms with Gasteiger partial charge in [0.25, 0.3) is 0 Å². The number of nitrogens with zero attached hydrogens (tertiary/aromatic N) is 1. The number of aromatic nitrogens is 1. The maximum absolute atomic E-state index is 6.28. The summed E-state index contributed by atoms with van der Waals surface area (Å²) in [7, 11) is 0. The summed E-state index contributed by atoms with van der Waals surface area (Å²) in [5, 5.41) is 0. The summed E-state index contributed by atoms with van der Waals surface area (Å²) in [4.78, 5) is 5.15. The first kappa shape index (κ1) is 10.7. The molecule has 0 spiro atoms. The van der Waals surface area contributed by atoms with Gasteiger partial charge in [0.15, 0.2) is 0 Å². The topological polar surface area (TPSA) is 48.1 Å². The predicted molar refractivity (Wildman–Crippen MR) is 68.4 cm³/mol. The predicted octanol–water partition coefficient (Wildman–Crippen LogP) is 2.52. The summed E-state index contributed by atoms with van der Waals surface area (Å²) in [6, 6.07) is 6.10. The van der Waals surface area contributed by atoms with Gasteiger partial charge in [-0.25, -0.2) is 0 Å². The largest absolute Gasteiger partial charge is 0.493 e. The number of ether oxygens (including phenoxy) is 1. The molecule has 2 heterocycles. The maximum atomic E-state index is 6.28. The average molecular weight is 246 g/mol. The fraction of sp³-hybridized carbons (Fsp3) is 0.308. The highest BCUT2D eigenvalue weighted by Crippen LogP contribution is 2.35. The normalized spacial score (nSPS) is 16.1. The van der Waals surface area contributed by atoms with Crippen molar-refractivity contribution in [3.8, 4) is 5.75 Å². The van der Waals surface area contributed by atoms with Gasteiger partial charge in [-0.15, -0.1) is 11.3 Å². The molecule has 1 aromatic carbocycles. The van der Waals surface area contributed by atoms with E-state index in [2.05, 4.69) is 23.2 Å². The third kappa shape index (κ3) is 1.94. The molecule has 3 rings (SSSR count). The van der Waals surface area contributed by atoms with Crippen LogP contribution in [0.15, 0.2) is 29.9 Å². The number of thiazole rings is 1. The fourth-order valence-corrected chi connectivity index (χ4v) is 2.83. The monoisotopic (exact) mass is 246 g/mol. The van der Waals surface area contributed by atoms with Gasteiger partial charge in [0.2, 0.25) is 0 Å². The van der Waals surface area contributed by atoms with E-state index in [9.17, 15) is 0 Å². The third-order valence-corrected chi connectivity index (χ3v) is 3.92. The minimum Gasteiger partial charge on any atom is -0.493 e. The van der Waals surface area contributed by atoms with Crippen molar-refractivity contribution in [2.75, 3.05) is 6.61 Å². The Balaban J connectivity index is 2.03. The minimum absolute atomic E-state index is 0.129. The second-order valence-electron chi connectivity index (χ2n) is 4.17. The van der Waals surface area contributed by atoms with E-state index in [0.717, 1.165) is 35.6 Å². The second-order valence-corrected chi connectivity index (χ2v) is 5.09. The van der Waals surface area contributed by atoms with E-state index >= 15 is 0 Å². The Hall–Kier alpha value is -1.39. The van der Waals surface area contributed by atoms with Gasteiger partial charge in [-0.05, 0) is 18.4 Å². The highest BCUT2D eigenvalue weighted by molar-refractivity contribution is 7.09. The van der Waals surface area contributed by atoms with Crippen LogP contribution in [-0.2, 0) is 6.42 Å². The standard InChI is InChI=1S/C13H14N2OS/c14-12(11-7-15-8-17-11)10-5-1-3-9-4-2-6-16-13(9)10/h1,3,5,7-8,12H,2,4,6,14H2. The molecule has 4 heteroatoms. The molecular formula is C13H14N2OS. The molecule has 1 atom stereocenters. The summed E-state index contributed by atoms with van der Waals surface area (Å²) < 4.78 is 5.78. The molecule has 0 fully saturated rings. The van der Waals surface area contributed by atoms with Crippen molar-refractivity contribution in [1.82, 2.24) is 4.98 Å². The van der Waals surface area contributed by atoms with Gasteiger partial charge in [-0.3, -0.25) is 4.98 Å². The zero-order chi connectivity index (χ0) is 11.7. The van der Waals surface area contributed by atoms with Crippen molar-refractivity contribution in [3.63, 3.8) is 0 Å². The Bertz CT molecular complexity index is 510. The van der Waals surface area contributed by atoms with Crippen LogP contribution < -0.4 is 10.5 Å². The molecule has 2 N–H and O–H groups in total. The van der Waals surface area contributed by atoms with Gasteiger partial charge in [0.1, 0.15) is 5.75 Å². The van der Waals surface area contributed by atoms with Gasteiger partial charge in [-0.1, -0.05) is 18.2 Å². The molecule has 0 amide bonds. The molecule has 0 aliphatic carbocycles. The van der Waals surface area contributed by atoms with E-state index in [4.69, 9.17) is 10.5 Å². The lowest BCUT2D eigenvalue weighted by molar-refractivity contribution is 0.284. The summed E-state index contributed by atoms with van der Waals surface area (Å²) in [6.07, 6.45) is 4.00. The molecule has 0 saturated carbocycles. The maximum Gasteiger partial charge on any atom is 0.127 e. The lowest BCUT2D eigenvalue weighted by atomic mass is 9.98. The van der Waals surface area contributed by atoms with Crippen LogP contribution in [0.2, 0.25) is 0 Å². The lowest BCUT2D eigenvalue weighted by Crippen LogP contribution is -2.16. The Labute approximate surface area is 104 Å². The van der Waals surface area contributed by atoms with E-state index in [1.54, 1.807) is 11.3 Å². The van der Waals surface area contributed by atoms with E-state index < -0.39 is 0 Å². The molecule has 2 aromatic rings. The van der Waals surface area contributed by atoms with Crippen molar-refractivity contribution in [1.29, 1.82) is 0 Å². The van der Waals surface area contributed by atoms with Crippen molar-refractivity contribution in [3.05, 3.63) is 45.9 Å². The first-order valence-electron chi connectivity index (χ1n) is 5.75. The van der Waals surface area contributed by atoms with E-state index in [1.165, 1.54) is 5.56 Å². The van der Waals surface area contributed by atoms with E-state index in [0.29, 0.717) is 0 Å². The third-order valence-electron chi connectivity index (χ3n) is 3.06. The van der Waals surface area contributed by atoms with Gasteiger partial charge < -0.3 is 10.5 Å². The molecule has 1 aromatic heterocycles. The SMILES string of the molecule is NC(c1cncs1)c1cccc2c1OCCC2. The molecule has 1 unspecified atom stereocenters. The number of rotatable bonds is 2. The van der Waals surface area contributed by atoms with Crippen LogP contribution in [0.5, 0.6) is 5.75 Å². The Morgan fingerprint density at radius 2 is 2.35 bits per heavy atom. The molecule has 1 aliphatic rings. The second kappa shape index (κ2) is 4.47. The first-order valence-corrected chi connectivity index (χ1v) is 6.63.